The molecule has 3 rings (SSSR count). The molecule has 1 saturated heterocycles. The number of benzene rings is 1. The van der Waals surface area contributed by atoms with Gasteiger partial charge in [-0.25, -0.2) is 4.36 Å². The first-order valence-corrected chi connectivity index (χ1v) is 10.6. The molecule has 24 heavy (non-hydrogen) atoms. The van der Waals surface area contributed by atoms with Crippen molar-refractivity contribution < 1.29 is 9.00 Å². The molecule has 6 heteroatoms. The lowest BCUT2D eigenvalue weighted by atomic mass is 9.96. The maximum atomic E-state index is 12.9. The van der Waals surface area contributed by atoms with Gasteiger partial charge in [0.25, 0.3) is 5.91 Å². The van der Waals surface area contributed by atoms with Crippen LogP contribution in [-0.4, -0.2) is 51.7 Å². The number of amides is 1. The summed E-state index contributed by atoms with van der Waals surface area (Å²) in [7, 11) is -0.0351. The Labute approximate surface area is 143 Å². The highest BCUT2D eigenvalue weighted by Gasteiger charge is 2.24. The average molecular weight is 347 g/mol. The van der Waals surface area contributed by atoms with Gasteiger partial charge in [0.15, 0.2) is 0 Å². The number of fused-ring (bicyclic) bond motifs is 1. The molecule has 0 saturated carbocycles. The summed E-state index contributed by atoms with van der Waals surface area (Å²) in [6.07, 6.45) is 7.19. The molecule has 0 spiro atoms. The molecular weight excluding hydrogens is 322 g/mol. The van der Waals surface area contributed by atoms with E-state index in [0.717, 1.165) is 42.4 Å². The highest BCUT2D eigenvalue weighted by atomic mass is 32.2. The number of aryl methyl sites for hydroxylation is 1. The van der Waals surface area contributed by atoms with E-state index in [9.17, 15) is 9.00 Å². The minimum absolute atomic E-state index is 0.108. The summed E-state index contributed by atoms with van der Waals surface area (Å²) in [6, 6.07) is 7.90. The molecule has 2 aromatic rings. The van der Waals surface area contributed by atoms with E-state index in [1.165, 1.54) is 0 Å². The van der Waals surface area contributed by atoms with Crippen LogP contribution in [0.3, 0.4) is 0 Å². The van der Waals surface area contributed by atoms with E-state index in [-0.39, 0.29) is 5.91 Å². The molecular formula is C18H25N3O2S. The zero-order chi connectivity index (χ0) is 17.3. The molecule has 1 aromatic carbocycles. The topological polar surface area (TPSA) is 54.7 Å². The summed E-state index contributed by atoms with van der Waals surface area (Å²) in [6.45, 7) is 2.13. The number of aromatic nitrogens is 1. The smallest absolute Gasteiger partial charge is 0.254 e. The Morgan fingerprint density at radius 3 is 2.62 bits per heavy atom. The van der Waals surface area contributed by atoms with Gasteiger partial charge >= 0.3 is 0 Å². The highest BCUT2D eigenvalue weighted by Crippen LogP contribution is 2.24. The van der Waals surface area contributed by atoms with Gasteiger partial charge in [-0.2, -0.15) is 0 Å². The first-order chi connectivity index (χ1) is 11.3. The lowest BCUT2D eigenvalue weighted by molar-refractivity contribution is 0.0695. The van der Waals surface area contributed by atoms with Crippen molar-refractivity contribution >= 4 is 26.5 Å². The molecule has 0 N–H and O–H groups in total. The van der Waals surface area contributed by atoms with Gasteiger partial charge in [-0.15, -0.1) is 0 Å². The van der Waals surface area contributed by atoms with Crippen LogP contribution in [0.4, 0.5) is 0 Å². The van der Waals surface area contributed by atoms with E-state index in [1.54, 1.807) is 12.5 Å². The summed E-state index contributed by atoms with van der Waals surface area (Å²) in [5, 5.41) is 1.01. The first kappa shape index (κ1) is 17.0. The number of hydrogen-bond acceptors (Lipinski definition) is 3. The van der Waals surface area contributed by atoms with Crippen LogP contribution in [0, 0.1) is 5.92 Å². The molecule has 1 fully saturated rings. The third-order valence-corrected chi connectivity index (χ3v) is 5.47. The lowest BCUT2D eigenvalue weighted by Crippen LogP contribution is -2.39. The standard InChI is InChI=1S/C18H25N3O2S/c1-20-10-9-15-16(5-4-6-17(15)20)18(22)21-11-7-14(8-12-21)13-19-24(2,3)23/h4-6,9-10,14H,7-8,11-13H2,1-3H3. The normalized spacial score (nSPS) is 16.5. The molecule has 0 radical (unpaired) electrons. The Morgan fingerprint density at radius 1 is 1.25 bits per heavy atom. The molecule has 2 heterocycles. The van der Waals surface area contributed by atoms with E-state index in [1.807, 2.05) is 47.0 Å². The molecule has 1 amide bonds. The molecule has 0 unspecified atom stereocenters. The van der Waals surface area contributed by atoms with E-state index >= 15 is 0 Å². The largest absolute Gasteiger partial charge is 0.351 e. The van der Waals surface area contributed by atoms with Gasteiger partial charge in [0, 0.05) is 65.0 Å². The minimum Gasteiger partial charge on any atom is -0.351 e. The minimum atomic E-state index is -2.03. The maximum Gasteiger partial charge on any atom is 0.254 e. The van der Waals surface area contributed by atoms with E-state index in [4.69, 9.17) is 0 Å². The summed E-state index contributed by atoms with van der Waals surface area (Å²) in [5.41, 5.74) is 1.86. The fourth-order valence-corrected chi connectivity index (χ4v) is 3.83. The molecule has 0 bridgehead atoms. The Hall–Kier alpha value is -1.82. The second kappa shape index (κ2) is 6.59. The van der Waals surface area contributed by atoms with Crippen molar-refractivity contribution in [3.8, 4) is 0 Å². The Bertz CT molecular complexity index is 862. The van der Waals surface area contributed by atoms with Gasteiger partial charge in [0.1, 0.15) is 0 Å². The van der Waals surface area contributed by atoms with Crippen molar-refractivity contribution in [3.63, 3.8) is 0 Å². The zero-order valence-electron chi connectivity index (χ0n) is 14.6. The molecule has 1 aliphatic heterocycles. The molecule has 130 valence electrons. The number of carbonyl (C=O) groups is 1. The first-order valence-electron chi connectivity index (χ1n) is 8.31. The summed E-state index contributed by atoms with van der Waals surface area (Å²) < 4.78 is 18.0. The van der Waals surface area contributed by atoms with Crippen LogP contribution in [-0.2, 0) is 16.8 Å². The number of nitrogens with zero attached hydrogens (tertiary/aromatic N) is 3. The van der Waals surface area contributed by atoms with Crippen LogP contribution in [0.25, 0.3) is 10.9 Å². The molecule has 0 atom stereocenters. The van der Waals surface area contributed by atoms with E-state index < -0.39 is 9.73 Å². The molecule has 0 aliphatic carbocycles. The van der Waals surface area contributed by atoms with Crippen LogP contribution >= 0.6 is 0 Å². The van der Waals surface area contributed by atoms with Gasteiger partial charge in [-0.05, 0) is 37.0 Å². The van der Waals surface area contributed by atoms with Crippen LogP contribution in [0.15, 0.2) is 34.8 Å². The summed E-state index contributed by atoms with van der Waals surface area (Å²) >= 11 is 0. The molecule has 1 aromatic heterocycles. The third kappa shape index (κ3) is 3.64. The van der Waals surface area contributed by atoms with Crippen molar-refractivity contribution in [2.24, 2.45) is 17.3 Å². The number of carbonyl (C=O) groups excluding carboxylic acids is 1. The summed E-state index contributed by atoms with van der Waals surface area (Å²) in [4.78, 5) is 14.8. The average Bonchev–Trinajstić information content (AvgIpc) is 2.94. The van der Waals surface area contributed by atoms with Crippen LogP contribution in [0.1, 0.15) is 23.2 Å². The lowest BCUT2D eigenvalue weighted by Gasteiger charge is -2.31. The van der Waals surface area contributed by atoms with Crippen LogP contribution < -0.4 is 0 Å². The third-order valence-electron chi connectivity index (χ3n) is 4.70. The zero-order valence-corrected chi connectivity index (χ0v) is 15.4. The number of likely N-dealkylation sites (tertiary alicyclic amines) is 1. The quantitative estimate of drug-likeness (QED) is 0.857. The van der Waals surface area contributed by atoms with Crippen molar-refractivity contribution in [3.05, 3.63) is 36.0 Å². The Kier molecular flexibility index (Phi) is 4.67. The number of piperidine rings is 1. The number of hydrogen-bond donors (Lipinski definition) is 0. The van der Waals surface area contributed by atoms with Gasteiger partial charge in [0.2, 0.25) is 0 Å². The summed E-state index contributed by atoms with van der Waals surface area (Å²) in [5.74, 6) is 0.541. The van der Waals surface area contributed by atoms with Gasteiger partial charge in [-0.3, -0.25) is 9.00 Å². The van der Waals surface area contributed by atoms with Crippen LogP contribution in [0.2, 0.25) is 0 Å². The number of rotatable bonds is 3. The molecule has 5 nitrogen and oxygen atoms in total. The molecule has 1 aliphatic rings. The SMILES string of the molecule is Cn1ccc2c(C(=O)N3CCC(CN=S(C)(C)=O)CC3)cccc21. The maximum absolute atomic E-state index is 12.9. The van der Waals surface area contributed by atoms with E-state index in [0.29, 0.717) is 12.5 Å². The monoisotopic (exact) mass is 347 g/mol. The van der Waals surface area contributed by atoms with Gasteiger partial charge in [-0.1, -0.05) is 6.07 Å². The Balaban J connectivity index is 1.70. The highest BCUT2D eigenvalue weighted by molar-refractivity contribution is 7.92. The van der Waals surface area contributed by atoms with Gasteiger partial charge in [0.05, 0.1) is 6.54 Å². The van der Waals surface area contributed by atoms with Crippen LogP contribution in [0.5, 0.6) is 0 Å². The van der Waals surface area contributed by atoms with Crippen molar-refractivity contribution in [2.45, 2.75) is 12.8 Å². The second-order valence-corrected chi connectivity index (χ2v) is 9.51. The van der Waals surface area contributed by atoms with Crippen molar-refractivity contribution in [1.82, 2.24) is 9.47 Å². The predicted molar refractivity (Wildman–Crippen MR) is 98.8 cm³/mol. The predicted octanol–water partition coefficient (Wildman–Crippen LogP) is 2.76. The van der Waals surface area contributed by atoms with Crippen molar-refractivity contribution in [2.75, 3.05) is 32.1 Å². The fraction of sp³-hybridized carbons (Fsp3) is 0.500. The van der Waals surface area contributed by atoms with Crippen molar-refractivity contribution in [1.29, 1.82) is 0 Å². The second-order valence-electron chi connectivity index (χ2n) is 6.89. The Morgan fingerprint density at radius 2 is 1.96 bits per heavy atom. The van der Waals surface area contributed by atoms with Gasteiger partial charge < -0.3 is 9.47 Å². The van der Waals surface area contributed by atoms with E-state index in [2.05, 4.69) is 4.36 Å². The fourth-order valence-electron chi connectivity index (χ4n) is 3.26.